The van der Waals surface area contributed by atoms with E-state index < -0.39 is 0 Å². The lowest BCUT2D eigenvalue weighted by Gasteiger charge is -2.14. The van der Waals surface area contributed by atoms with Crippen LogP contribution in [0, 0.1) is 5.92 Å². The summed E-state index contributed by atoms with van der Waals surface area (Å²) in [6, 6.07) is 0.301. The first-order chi connectivity index (χ1) is 5.27. The van der Waals surface area contributed by atoms with Gasteiger partial charge in [-0.25, -0.2) is 0 Å². The molecule has 1 amide bonds. The molecule has 1 heterocycles. The van der Waals surface area contributed by atoms with E-state index in [0.29, 0.717) is 18.4 Å². The van der Waals surface area contributed by atoms with Gasteiger partial charge in [0.2, 0.25) is 5.91 Å². The molecule has 2 unspecified atom stereocenters. The van der Waals surface area contributed by atoms with E-state index in [1.165, 1.54) is 0 Å². The molecule has 0 aliphatic carbocycles. The molecule has 11 heavy (non-hydrogen) atoms. The summed E-state index contributed by atoms with van der Waals surface area (Å²) in [6.45, 7) is 2.25. The third-order valence-electron chi connectivity index (χ3n) is 2.30. The van der Waals surface area contributed by atoms with Gasteiger partial charge in [0.25, 0.3) is 0 Å². The van der Waals surface area contributed by atoms with Gasteiger partial charge in [0.1, 0.15) is 0 Å². The Morgan fingerprint density at radius 2 is 2.45 bits per heavy atom. The number of amides is 1. The minimum absolute atomic E-state index is 0.135. The van der Waals surface area contributed by atoms with E-state index in [-0.39, 0.29) is 12.5 Å². The Labute approximate surface area is 66.8 Å². The van der Waals surface area contributed by atoms with Crippen LogP contribution in [-0.4, -0.2) is 23.7 Å². The van der Waals surface area contributed by atoms with E-state index in [9.17, 15) is 4.79 Å². The molecule has 1 aliphatic rings. The Morgan fingerprint density at radius 1 is 1.73 bits per heavy atom. The van der Waals surface area contributed by atoms with E-state index in [0.717, 1.165) is 12.8 Å². The van der Waals surface area contributed by atoms with Crippen LogP contribution in [0.2, 0.25) is 0 Å². The van der Waals surface area contributed by atoms with Crippen LogP contribution in [0.3, 0.4) is 0 Å². The molecule has 0 bridgehead atoms. The molecule has 0 spiro atoms. The average Bonchev–Trinajstić information content (AvgIpc) is 2.32. The van der Waals surface area contributed by atoms with Gasteiger partial charge < -0.3 is 10.4 Å². The second-order valence-corrected chi connectivity index (χ2v) is 3.06. The van der Waals surface area contributed by atoms with Crippen molar-refractivity contribution in [1.82, 2.24) is 5.32 Å². The third kappa shape index (κ3) is 1.93. The minimum atomic E-state index is 0.135. The van der Waals surface area contributed by atoms with E-state index in [4.69, 9.17) is 5.11 Å². The number of rotatable bonds is 3. The number of aliphatic hydroxyl groups excluding tert-OH is 1. The maximum atomic E-state index is 10.9. The summed E-state index contributed by atoms with van der Waals surface area (Å²) in [5.41, 5.74) is 0. The van der Waals surface area contributed by atoms with Crippen molar-refractivity contribution in [2.45, 2.75) is 32.2 Å². The fourth-order valence-corrected chi connectivity index (χ4v) is 1.67. The molecule has 2 N–H and O–H groups in total. The normalized spacial score (nSPS) is 30.5. The SMILES string of the molecule is CCC1NC(=O)CC1CCO. The molecule has 0 radical (unpaired) electrons. The zero-order valence-electron chi connectivity index (χ0n) is 6.84. The smallest absolute Gasteiger partial charge is 0.220 e. The van der Waals surface area contributed by atoms with Crippen molar-refractivity contribution >= 4 is 5.91 Å². The number of nitrogens with one attached hydrogen (secondary N) is 1. The lowest BCUT2D eigenvalue weighted by Crippen LogP contribution is -2.28. The minimum Gasteiger partial charge on any atom is -0.396 e. The van der Waals surface area contributed by atoms with Gasteiger partial charge in [0.05, 0.1) is 0 Å². The fraction of sp³-hybridized carbons (Fsp3) is 0.875. The van der Waals surface area contributed by atoms with Gasteiger partial charge >= 0.3 is 0 Å². The Balaban J connectivity index is 2.43. The van der Waals surface area contributed by atoms with Gasteiger partial charge in [-0.2, -0.15) is 0 Å². The van der Waals surface area contributed by atoms with Crippen molar-refractivity contribution in [3.05, 3.63) is 0 Å². The molecule has 0 aromatic carbocycles. The van der Waals surface area contributed by atoms with Crippen molar-refractivity contribution < 1.29 is 9.90 Å². The van der Waals surface area contributed by atoms with Crippen molar-refractivity contribution in [3.8, 4) is 0 Å². The number of hydrogen-bond acceptors (Lipinski definition) is 2. The van der Waals surface area contributed by atoms with Gasteiger partial charge in [0.15, 0.2) is 0 Å². The van der Waals surface area contributed by atoms with Crippen molar-refractivity contribution in [2.75, 3.05) is 6.61 Å². The molecular formula is C8H15NO2. The van der Waals surface area contributed by atoms with Crippen LogP contribution in [0.25, 0.3) is 0 Å². The van der Waals surface area contributed by atoms with E-state index in [1.54, 1.807) is 0 Å². The molecule has 1 aliphatic heterocycles. The summed E-state index contributed by atoms with van der Waals surface area (Å²) in [6.07, 6.45) is 2.31. The molecule has 1 fully saturated rings. The first kappa shape index (κ1) is 8.53. The number of aliphatic hydroxyl groups is 1. The van der Waals surface area contributed by atoms with Crippen LogP contribution in [-0.2, 0) is 4.79 Å². The summed E-state index contributed by atoms with van der Waals surface area (Å²) in [5, 5.41) is 11.6. The number of carbonyl (C=O) groups excluding carboxylic acids is 1. The first-order valence-electron chi connectivity index (χ1n) is 4.18. The first-order valence-corrected chi connectivity index (χ1v) is 4.18. The van der Waals surface area contributed by atoms with Gasteiger partial charge in [-0.15, -0.1) is 0 Å². The van der Waals surface area contributed by atoms with E-state index in [1.807, 2.05) is 0 Å². The highest BCUT2D eigenvalue weighted by atomic mass is 16.3. The molecule has 3 nitrogen and oxygen atoms in total. The Morgan fingerprint density at radius 3 is 3.00 bits per heavy atom. The second kappa shape index (κ2) is 3.72. The van der Waals surface area contributed by atoms with E-state index in [2.05, 4.69) is 12.2 Å². The zero-order chi connectivity index (χ0) is 8.27. The van der Waals surface area contributed by atoms with Crippen molar-refractivity contribution in [2.24, 2.45) is 5.92 Å². The Hall–Kier alpha value is -0.570. The van der Waals surface area contributed by atoms with E-state index >= 15 is 0 Å². The van der Waals surface area contributed by atoms with Crippen LogP contribution < -0.4 is 5.32 Å². The maximum Gasteiger partial charge on any atom is 0.220 e. The molecule has 0 aromatic heterocycles. The molecule has 1 rings (SSSR count). The summed E-state index contributed by atoms with van der Waals surface area (Å²) in [7, 11) is 0. The van der Waals surface area contributed by atoms with Gasteiger partial charge in [0, 0.05) is 19.1 Å². The van der Waals surface area contributed by atoms with Crippen LogP contribution in [0.4, 0.5) is 0 Å². The summed E-state index contributed by atoms with van der Waals surface area (Å²) in [5.74, 6) is 0.493. The maximum absolute atomic E-state index is 10.9. The molecule has 1 saturated heterocycles. The molecular weight excluding hydrogens is 142 g/mol. The summed E-state index contributed by atoms with van der Waals surface area (Å²) < 4.78 is 0. The number of hydrogen-bond donors (Lipinski definition) is 2. The highest BCUT2D eigenvalue weighted by Crippen LogP contribution is 2.21. The van der Waals surface area contributed by atoms with Crippen LogP contribution in [0.5, 0.6) is 0 Å². The summed E-state index contributed by atoms with van der Waals surface area (Å²) in [4.78, 5) is 10.9. The predicted molar refractivity (Wildman–Crippen MR) is 42.0 cm³/mol. The average molecular weight is 157 g/mol. The molecule has 64 valence electrons. The van der Waals surface area contributed by atoms with Crippen LogP contribution in [0.15, 0.2) is 0 Å². The molecule has 3 heteroatoms. The quantitative estimate of drug-likeness (QED) is 0.618. The molecule has 0 aromatic rings. The monoisotopic (exact) mass is 157 g/mol. The highest BCUT2D eigenvalue weighted by Gasteiger charge is 2.29. The second-order valence-electron chi connectivity index (χ2n) is 3.06. The standard InChI is InChI=1S/C8H15NO2/c1-2-7-6(3-4-10)5-8(11)9-7/h6-7,10H,2-5H2,1H3,(H,9,11). The molecule has 0 saturated carbocycles. The predicted octanol–water partition coefficient (Wildman–Crippen LogP) is 0.283. The lowest BCUT2D eigenvalue weighted by molar-refractivity contribution is -0.119. The van der Waals surface area contributed by atoms with Crippen molar-refractivity contribution in [1.29, 1.82) is 0 Å². The highest BCUT2D eigenvalue weighted by molar-refractivity contribution is 5.78. The zero-order valence-corrected chi connectivity index (χ0v) is 6.84. The topological polar surface area (TPSA) is 49.3 Å². The molecule has 2 atom stereocenters. The van der Waals surface area contributed by atoms with Gasteiger partial charge in [-0.05, 0) is 18.8 Å². The fourth-order valence-electron chi connectivity index (χ4n) is 1.67. The Kier molecular flexibility index (Phi) is 2.88. The van der Waals surface area contributed by atoms with Crippen molar-refractivity contribution in [3.63, 3.8) is 0 Å². The van der Waals surface area contributed by atoms with Crippen LogP contribution in [0.1, 0.15) is 26.2 Å². The Bertz CT molecular complexity index is 147. The van der Waals surface area contributed by atoms with Crippen LogP contribution >= 0.6 is 0 Å². The third-order valence-corrected chi connectivity index (χ3v) is 2.30. The summed E-state index contributed by atoms with van der Waals surface area (Å²) >= 11 is 0. The van der Waals surface area contributed by atoms with Gasteiger partial charge in [-0.1, -0.05) is 6.92 Å². The largest absolute Gasteiger partial charge is 0.396 e. The number of carbonyl (C=O) groups is 1. The van der Waals surface area contributed by atoms with Gasteiger partial charge in [-0.3, -0.25) is 4.79 Å². The lowest BCUT2D eigenvalue weighted by atomic mass is 9.96.